The van der Waals surface area contributed by atoms with Crippen molar-refractivity contribution >= 4 is 40.3 Å². The molecule has 8 rings (SSSR count). The Labute approximate surface area is 322 Å². The van der Waals surface area contributed by atoms with E-state index in [0.717, 1.165) is 52.9 Å². The van der Waals surface area contributed by atoms with Crippen molar-refractivity contribution in [2.24, 2.45) is 12.5 Å². The van der Waals surface area contributed by atoms with Crippen molar-refractivity contribution in [1.82, 2.24) is 29.6 Å². The molecule has 0 saturated carbocycles. The van der Waals surface area contributed by atoms with Crippen LogP contribution in [0, 0.1) is 17.3 Å². The first-order valence-corrected chi connectivity index (χ1v) is 18.5. The summed E-state index contributed by atoms with van der Waals surface area (Å²) in [6.45, 7) is 3.70. The second kappa shape index (κ2) is 14.4. The number of piperidine rings is 2. The number of ether oxygens (including phenoxy) is 2. The molecule has 1 N–H and O–H groups in total. The Balaban J connectivity index is 0.867. The highest BCUT2D eigenvalue weighted by Crippen LogP contribution is 2.43. The monoisotopic (exact) mass is 756 g/mol. The molecule has 286 valence electrons. The predicted molar refractivity (Wildman–Crippen MR) is 204 cm³/mol. The molecular weight excluding hydrogens is 716 g/mol. The summed E-state index contributed by atoms with van der Waals surface area (Å²) in [5, 5.41) is 3.53. The zero-order valence-electron chi connectivity index (χ0n) is 31.3. The Hall–Kier alpha value is -6.33. The largest absolute Gasteiger partial charge is 0.496 e. The zero-order valence-corrected chi connectivity index (χ0v) is 31.3. The van der Waals surface area contributed by atoms with Crippen LogP contribution < -0.4 is 20.3 Å². The SMILES string of the molecule is COc1cc(-c2cn(C)c(=O)c3cnccc23)cc(OC)c1CN1CCC2(CC1)CN(C(=O)CC#Cc1ccc3c(c1)C(=O)N(C1CCC(=O)NC1=O)C3=O)C2. The van der Waals surface area contributed by atoms with Gasteiger partial charge in [0, 0.05) is 68.2 Å². The Bertz CT molecular complexity index is 2440. The van der Waals surface area contributed by atoms with Gasteiger partial charge in [-0.15, -0.1) is 0 Å². The quantitative estimate of drug-likeness (QED) is 0.220. The zero-order chi connectivity index (χ0) is 39.3. The number of hydrogen-bond acceptors (Lipinski definition) is 10. The third-order valence-electron chi connectivity index (χ3n) is 11.5. The maximum Gasteiger partial charge on any atom is 0.262 e. The second-order valence-corrected chi connectivity index (χ2v) is 15.0. The van der Waals surface area contributed by atoms with Crippen molar-refractivity contribution in [3.63, 3.8) is 0 Å². The van der Waals surface area contributed by atoms with Gasteiger partial charge in [-0.2, -0.15) is 0 Å². The maximum absolute atomic E-state index is 13.1. The average molecular weight is 757 g/mol. The molecule has 1 spiro atoms. The molecule has 2 aromatic carbocycles. The number of nitrogens with one attached hydrogen (secondary N) is 1. The first-order chi connectivity index (χ1) is 27.0. The topological polar surface area (TPSA) is 160 Å². The lowest BCUT2D eigenvalue weighted by atomic mass is 9.72. The summed E-state index contributed by atoms with van der Waals surface area (Å²) in [5.74, 6) is 4.95. The summed E-state index contributed by atoms with van der Waals surface area (Å²) in [4.78, 5) is 85.2. The average Bonchev–Trinajstić information content (AvgIpc) is 3.43. The molecule has 1 unspecified atom stereocenters. The number of likely N-dealkylation sites (tertiary alicyclic amines) is 2. The molecule has 3 saturated heterocycles. The minimum Gasteiger partial charge on any atom is -0.496 e. The fourth-order valence-electron chi connectivity index (χ4n) is 8.38. The number of imide groups is 2. The molecule has 0 aliphatic carbocycles. The molecule has 0 radical (unpaired) electrons. The molecule has 4 aliphatic rings. The van der Waals surface area contributed by atoms with Crippen molar-refractivity contribution in [3.8, 4) is 34.5 Å². The van der Waals surface area contributed by atoms with E-state index in [1.165, 1.54) is 12.1 Å². The number of aryl methyl sites for hydroxylation is 1. The number of pyridine rings is 2. The molecule has 4 aliphatic heterocycles. The lowest BCUT2D eigenvalue weighted by Gasteiger charge is -2.54. The van der Waals surface area contributed by atoms with Crippen LogP contribution in [-0.4, -0.2) is 100 Å². The van der Waals surface area contributed by atoms with Crippen LogP contribution in [0.4, 0.5) is 0 Å². The van der Waals surface area contributed by atoms with Gasteiger partial charge < -0.3 is 18.9 Å². The lowest BCUT2D eigenvalue weighted by Crippen LogP contribution is -2.61. The Morgan fingerprint density at radius 2 is 1.64 bits per heavy atom. The molecule has 6 heterocycles. The normalized spacial score (nSPS) is 19.0. The van der Waals surface area contributed by atoms with Gasteiger partial charge in [-0.05, 0) is 79.7 Å². The summed E-state index contributed by atoms with van der Waals surface area (Å²) in [6.07, 6.45) is 7.14. The number of hydrogen-bond donors (Lipinski definition) is 1. The van der Waals surface area contributed by atoms with E-state index in [2.05, 4.69) is 27.0 Å². The van der Waals surface area contributed by atoms with Crippen LogP contribution in [-0.2, 0) is 28.0 Å². The van der Waals surface area contributed by atoms with E-state index in [4.69, 9.17) is 9.47 Å². The predicted octanol–water partition coefficient (Wildman–Crippen LogP) is 2.89. The Kier molecular flexibility index (Phi) is 9.41. The van der Waals surface area contributed by atoms with Gasteiger partial charge in [0.25, 0.3) is 17.4 Å². The molecule has 56 heavy (non-hydrogen) atoms. The van der Waals surface area contributed by atoms with Crippen molar-refractivity contribution in [1.29, 1.82) is 0 Å². The van der Waals surface area contributed by atoms with Gasteiger partial charge in [0.15, 0.2) is 0 Å². The Morgan fingerprint density at radius 3 is 2.34 bits per heavy atom. The van der Waals surface area contributed by atoms with Crippen molar-refractivity contribution in [2.75, 3.05) is 40.4 Å². The number of aromatic nitrogens is 2. The van der Waals surface area contributed by atoms with Crippen LogP contribution in [0.1, 0.15) is 63.9 Å². The maximum atomic E-state index is 13.1. The molecule has 4 aromatic rings. The van der Waals surface area contributed by atoms with E-state index >= 15 is 0 Å². The smallest absolute Gasteiger partial charge is 0.262 e. The summed E-state index contributed by atoms with van der Waals surface area (Å²) in [6, 6.07) is 9.43. The highest BCUT2D eigenvalue weighted by Gasteiger charge is 2.47. The third-order valence-corrected chi connectivity index (χ3v) is 11.5. The van der Waals surface area contributed by atoms with Crippen LogP contribution in [0.2, 0.25) is 0 Å². The van der Waals surface area contributed by atoms with Gasteiger partial charge in [0.1, 0.15) is 17.5 Å². The number of benzene rings is 2. The van der Waals surface area contributed by atoms with Crippen molar-refractivity contribution in [3.05, 3.63) is 87.6 Å². The van der Waals surface area contributed by atoms with Crippen molar-refractivity contribution < 1.29 is 33.4 Å². The van der Waals surface area contributed by atoms with E-state index in [1.807, 2.05) is 29.3 Å². The number of carbonyl (C=O) groups is 5. The number of rotatable bonds is 7. The van der Waals surface area contributed by atoms with E-state index in [9.17, 15) is 28.8 Å². The minimum atomic E-state index is -1.04. The van der Waals surface area contributed by atoms with Crippen LogP contribution in [0.3, 0.4) is 0 Å². The lowest BCUT2D eigenvalue weighted by molar-refractivity contribution is -0.145. The molecule has 0 bridgehead atoms. The first-order valence-electron chi connectivity index (χ1n) is 18.5. The molecule has 3 fully saturated rings. The van der Waals surface area contributed by atoms with Crippen LogP contribution in [0.25, 0.3) is 21.9 Å². The molecule has 1 atom stereocenters. The number of fused-ring (bicyclic) bond motifs is 2. The van der Waals surface area contributed by atoms with E-state index < -0.39 is 29.7 Å². The van der Waals surface area contributed by atoms with E-state index in [-0.39, 0.29) is 47.3 Å². The molecule has 14 heteroatoms. The van der Waals surface area contributed by atoms with Crippen LogP contribution in [0.15, 0.2) is 59.8 Å². The third kappa shape index (κ3) is 6.47. The molecular formula is C42H40N6O8. The number of amides is 5. The van der Waals surface area contributed by atoms with Gasteiger partial charge in [-0.3, -0.25) is 48.9 Å². The standard InChI is InChI=1S/C42H40N6O8/c1-45-21-31(27-11-14-43-20-30(27)39(45)52)26-18-34(55-2)32(35(19-26)56-3)22-46-15-12-42(13-16-46)23-47(24-42)37(50)6-4-5-25-7-8-28-29(17-25)41(54)48(40(28)53)33-9-10-36(49)44-38(33)51/h7-8,11,14,17-21,33H,6,9-10,12-13,15-16,22-24H2,1-3H3,(H,44,49,51). The van der Waals surface area contributed by atoms with Crippen LogP contribution in [0.5, 0.6) is 11.5 Å². The highest BCUT2D eigenvalue weighted by atomic mass is 16.5. The van der Waals surface area contributed by atoms with Gasteiger partial charge in [0.2, 0.25) is 17.7 Å². The van der Waals surface area contributed by atoms with E-state index in [0.29, 0.717) is 42.1 Å². The minimum absolute atomic E-state index is 0.0239. The molecule has 2 aromatic heterocycles. The van der Waals surface area contributed by atoms with Crippen LogP contribution >= 0.6 is 0 Å². The molecule has 5 amide bonds. The summed E-state index contributed by atoms with van der Waals surface area (Å²) in [7, 11) is 5.02. The number of nitrogens with zero attached hydrogens (tertiary/aromatic N) is 5. The second-order valence-electron chi connectivity index (χ2n) is 15.0. The van der Waals surface area contributed by atoms with E-state index in [1.54, 1.807) is 44.3 Å². The summed E-state index contributed by atoms with van der Waals surface area (Å²) >= 11 is 0. The number of methoxy groups -OCH3 is 2. The van der Waals surface area contributed by atoms with Gasteiger partial charge in [0.05, 0.1) is 42.7 Å². The highest BCUT2D eigenvalue weighted by molar-refractivity contribution is 6.23. The summed E-state index contributed by atoms with van der Waals surface area (Å²) < 4.78 is 13.4. The van der Waals surface area contributed by atoms with Gasteiger partial charge in [-0.1, -0.05) is 11.8 Å². The molecule has 14 nitrogen and oxygen atoms in total. The van der Waals surface area contributed by atoms with Crippen molar-refractivity contribution in [2.45, 2.75) is 44.7 Å². The fourth-order valence-corrected chi connectivity index (χ4v) is 8.38. The van der Waals surface area contributed by atoms with Gasteiger partial charge in [-0.25, -0.2) is 0 Å². The Morgan fingerprint density at radius 1 is 0.929 bits per heavy atom. The fraction of sp³-hybridized carbons (Fsp3) is 0.357. The first kappa shape index (κ1) is 36.6. The van der Waals surface area contributed by atoms with Gasteiger partial charge >= 0.3 is 0 Å². The number of carbonyl (C=O) groups excluding carboxylic acids is 5. The summed E-state index contributed by atoms with van der Waals surface area (Å²) in [5.41, 5.74) is 3.45.